The molecule has 0 aliphatic carbocycles. The van der Waals surface area contributed by atoms with Crippen molar-refractivity contribution in [3.63, 3.8) is 0 Å². The summed E-state index contributed by atoms with van der Waals surface area (Å²) >= 11 is 1.22. The standard InChI is InChI=1S/C25H28N4O5S/c1-6-11-29-24(31)23-22(17-12-15(32-3)7-9-19(17)28(23)2)27-25(29)35-14-21(30)26-18-13-16(33-4)8-10-20(18)34-5/h7-10,12-13H,6,11,14H2,1-5H3,(H,26,30). The number of rotatable bonds is 9. The molecular formula is C25H28N4O5S. The molecule has 2 aromatic heterocycles. The van der Waals surface area contributed by atoms with Gasteiger partial charge in [-0.25, -0.2) is 4.98 Å². The summed E-state index contributed by atoms with van der Waals surface area (Å²) in [6.45, 7) is 2.50. The van der Waals surface area contributed by atoms with E-state index in [0.717, 1.165) is 17.3 Å². The monoisotopic (exact) mass is 496 g/mol. The summed E-state index contributed by atoms with van der Waals surface area (Å²) in [7, 11) is 6.55. The highest BCUT2D eigenvalue weighted by Crippen LogP contribution is 2.31. The van der Waals surface area contributed by atoms with Crippen molar-refractivity contribution in [1.29, 1.82) is 0 Å². The third-order valence-corrected chi connectivity index (χ3v) is 6.70. The van der Waals surface area contributed by atoms with Crippen molar-refractivity contribution in [2.24, 2.45) is 7.05 Å². The summed E-state index contributed by atoms with van der Waals surface area (Å²) in [6, 6.07) is 10.8. The van der Waals surface area contributed by atoms with Gasteiger partial charge in [0.25, 0.3) is 5.56 Å². The Morgan fingerprint density at radius 1 is 1.06 bits per heavy atom. The fourth-order valence-electron chi connectivity index (χ4n) is 4.02. The Morgan fingerprint density at radius 3 is 2.46 bits per heavy atom. The third-order valence-electron chi connectivity index (χ3n) is 5.73. The summed E-state index contributed by atoms with van der Waals surface area (Å²) in [5, 5.41) is 4.18. The van der Waals surface area contributed by atoms with Crippen molar-refractivity contribution < 1.29 is 19.0 Å². The van der Waals surface area contributed by atoms with Crippen molar-refractivity contribution in [3.05, 3.63) is 46.8 Å². The number of hydrogen-bond donors (Lipinski definition) is 1. The second kappa shape index (κ2) is 10.3. The Bertz CT molecular complexity index is 1460. The Morgan fingerprint density at radius 2 is 1.77 bits per heavy atom. The number of methoxy groups -OCH3 is 3. The highest BCUT2D eigenvalue weighted by atomic mass is 32.2. The quantitative estimate of drug-likeness (QED) is 0.276. The number of nitrogens with zero attached hydrogens (tertiary/aromatic N) is 3. The molecule has 0 unspecified atom stereocenters. The van der Waals surface area contributed by atoms with E-state index in [1.807, 2.05) is 36.7 Å². The molecule has 0 fully saturated rings. The fraction of sp³-hybridized carbons (Fsp3) is 0.320. The van der Waals surface area contributed by atoms with Crippen LogP contribution in [0.4, 0.5) is 5.69 Å². The van der Waals surface area contributed by atoms with E-state index in [1.54, 1.807) is 37.0 Å². The summed E-state index contributed by atoms with van der Waals surface area (Å²) < 4.78 is 19.5. The first-order valence-corrected chi connectivity index (χ1v) is 12.1. The van der Waals surface area contributed by atoms with Gasteiger partial charge in [-0.1, -0.05) is 18.7 Å². The molecule has 4 aromatic rings. The normalized spacial score (nSPS) is 11.1. The van der Waals surface area contributed by atoms with E-state index in [0.29, 0.717) is 45.7 Å². The molecule has 35 heavy (non-hydrogen) atoms. The van der Waals surface area contributed by atoms with Crippen molar-refractivity contribution in [2.75, 3.05) is 32.4 Å². The third kappa shape index (κ3) is 4.66. The minimum atomic E-state index is -0.251. The molecule has 0 radical (unpaired) electrons. The number of aryl methyl sites for hydroxylation is 1. The molecule has 10 heteroatoms. The van der Waals surface area contributed by atoms with Crippen molar-refractivity contribution in [2.45, 2.75) is 25.0 Å². The van der Waals surface area contributed by atoms with Gasteiger partial charge in [-0.15, -0.1) is 0 Å². The molecule has 0 aliphatic rings. The average molecular weight is 497 g/mol. The van der Waals surface area contributed by atoms with Gasteiger partial charge in [-0.05, 0) is 36.8 Å². The molecule has 1 amide bonds. The van der Waals surface area contributed by atoms with Crippen LogP contribution in [0.1, 0.15) is 13.3 Å². The van der Waals surface area contributed by atoms with E-state index in [-0.39, 0.29) is 17.2 Å². The Labute approximate surface area is 207 Å². The molecule has 0 spiro atoms. The number of amides is 1. The topological polar surface area (TPSA) is 96.6 Å². The predicted molar refractivity (Wildman–Crippen MR) is 138 cm³/mol. The molecule has 1 N–H and O–H groups in total. The number of ether oxygens (including phenoxy) is 3. The number of aromatic nitrogens is 3. The SMILES string of the molecule is CCCn1c(SCC(=O)Nc2cc(OC)ccc2OC)nc2c3cc(OC)ccc3n(C)c2c1=O. The van der Waals surface area contributed by atoms with Crippen LogP contribution in [0.2, 0.25) is 0 Å². The van der Waals surface area contributed by atoms with Gasteiger partial charge in [-0.3, -0.25) is 14.2 Å². The second-order valence-corrected chi connectivity index (χ2v) is 8.84. The lowest BCUT2D eigenvalue weighted by Gasteiger charge is -2.13. The largest absolute Gasteiger partial charge is 0.497 e. The van der Waals surface area contributed by atoms with Gasteiger partial charge in [0.1, 0.15) is 28.3 Å². The molecule has 0 bridgehead atoms. The van der Waals surface area contributed by atoms with Crippen LogP contribution in [-0.2, 0) is 18.4 Å². The summed E-state index contributed by atoms with van der Waals surface area (Å²) in [4.78, 5) is 31.2. The number of hydrogen-bond acceptors (Lipinski definition) is 7. The van der Waals surface area contributed by atoms with E-state index in [4.69, 9.17) is 19.2 Å². The molecule has 9 nitrogen and oxygen atoms in total. The molecule has 0 saturated carbocycles. The fourth-order valence-corrected chi connectivity index (χ4v) is 4.84. The summed E-state index contributed by atoms with van der Waals surface area (Å²) in [5.41, 5.74) is 2.38. The van der Waals surface area contributed by atoms with E-state index < -0.39 is 0 Å². The minimum Gasteiger partial charge on any atom is -0.497 e. The van der Waals surface area contributed by atoms with Crippen LogP contribution in [0.5, 0.6) is 17.2 Å². The first-order chi connectivity index (χ1) is 16.9. The second-order valence-electron chi connectivity index (χ2n) is 7.89. The molecule has 184 valence electrons. The van der Waals surface area contributed by atoms with E-state index in [1.165, 1.54) is 18.9 Å². The zero-order valence-corrected chi connectivity index (χ0v) is 21.2. The van der Waals surface area contributed by atoms with Crippen LogP contribution in [0, 0.1) is 0 Å². The molecule has 2 heterocycles. The van der Waals surface area contributed by atoms with Gasteiger partial charge in [0.15, 0.2) is 5.16 Å². The first-order valence-electron chi connectivity index (χ1n) is 11.1. The van der Waals surface area contributed by atoms with Crippen LogP contribution in [-0.4, -0.2) is 47.1 Å². The Kier molecular flexibility index (Phi) is 7.20. The van der Waals surface area contributed by atoms with Crippen molar-refractivity contribution >= 4 is 45.3 Å². The number of benzene rings is 2. The van der Waals surface area contributed by atoms with Crippen LogP contribution in [0.15, 0.2) is 46.3 Å². The molecule has 0 aliphatic heterocycles. The molecule has 0 atom stereocenters. The summed E-state index contributed by atoms with van der Waals surface area (Å²) in [6.07, 6.45) is 0.756. The Hall–Kier alpha value is -3.66. The number of carbonyl (C=O) groups excluding carboxylic acids is 1. The van der Waals surface area contributed by atoms with Crippen LogP contribution in [0.3, 0.4) is 0 Å². The molecular weight excluding hydrogens is 468 g/mol. The van der Waals surface area contributed by atoms with Crippen LogP contribution in [0.25, 0.3) is 21.9 Å². The maximum atomic E-state index is 13.5. The maximum absolute atomic E-state index is 13.5. The maximum Gasteiger partial charge on any atom is 0.278 e. The minimum absolute atomic E-state index is 0.0656. The number of nitrogens with one attached hydrogen (secondary N) is 1. The van der Waals surface area contributed by atoms with Crippen molar-refractivity contribution in [3.8, 4) is 17.2 Å². The van der Waals surface area contributed by atoms with E-state index in [9.17, 15) is 9.59 Å². The number of carbonyl (C=O) groups is 1. The Balaban J connectivity index is 1.69. The van der Waals surface area contributed by atoms with Gasteiger partial charge >= 0.3 is 0 Å². The van der Waals surface area contributed by atoms with Gasteiger partial charge in [-0.2, -0.15) is 0 Å². The van der Waals surface area contributed by atoms with Gasteiger partial charge in [0, 0.05) is 25.0 Å². The van der Waals surface area contributed by atoms with Crippen LogP contribution < -0.4 is 25.1 Å². The average Bonchev–Trinajstić information content (AvgIpc) is 3.15. The summed E-state index contributed by atoms with van der Waals surface area (Å²) in [5.74, 6) is 1.63. The number of anilines is 1. The zero-order valence-electron chi connectivity index (χ0n) is 20.4. The number of thioether (sulfide) groups is 1. The lowest BCUT2D eigenvalue weighted by Crippen LogP contribution is -2.25. The lowest BCUT2D eigenvalue weighted by molar-refractivity contribution is -0.113. The smallest absolute Gasteiger partial charge is 0.278 e. The molecule has 0 saturated heterocycles. The van der Waals surface area contributed by atoms with E-state index >= 15 is 0 Å². The van der Waals surface area contributed by atoms with Crippen molar-refractivity contribution in [1.82, 2.24) is 14.1 Å². The van der Waals surface area contributed by atoms with Crippen LogP contribution >= 0.6 is 11.8 Å². The van der Waals surface area contributed by atoms with Gasteiger partial charge < -0.3 is 24.1 Å². The highest BCUT2D eigenvalue weighted by Gasteiger charge is 2.19. The first kappa shape index (κ1) is 24.5. The van der Waals surface area contributed by atoms with Gasteiger partial charge in [0.05, 0.1) is 38.3 Å². The number of fused-ring (bicyclic) bond motifs is 3. The zero-order chi connectivity index (χ0) is 25.1. The lowest BCUT2D eigenvalue weighted by atomic mass is 10.2. The molecule has 4 rings (SSSR count). The highest BCUT2D eigenvalue weighted by molar-refractivity contribution is 7.99. The molecule has 2 aromatic carbocycles. The van der Waals surface area contributed by atoms with Gasteiger partial charge in [0.2, 0.25) is 5.91 Å². The van der Waals surface area contributed by atoms with E-state index in [2.05, 4.69) is 5.32 Å². The predicted octanol–water partition coefficient (Wildman–Crippen LogP) is 4.05.